The summed E-state index contributed by atoms with van der Waals surface area (Å²) in [6, 6.07) is 17.7. The minimum atomic E-state index is 0.844. The predicted molar refractivity (Wildman–Crippen MR) is 68.3 cm³/mol. The highest BCUT2D eigenvalue weighted by Gasteiger charge is 2.02. The van der Waals surface area contributed by atoms with Gasteiger partial charge in [0.2, 0.25) is 0 Å². The molecule has 0 fully saturated rings. The van der Waals surface area contributed by atoms with Crippen molar-refractivity contribution < 1.29 is 4.74 Å². The average Bonchev–Trinajstić information content (AvgIpc) is 2.40. The first-order valence-corrected chi connectivity index (χ1v) is 5.49. The topological polar surface area (TPSA) is 22.1 Å². The molecule has 0 aliphatic heterocycles. The molecule has 0 aliphatic rings. The van der Waals surface area contributed by atoms with E-state index >= 15 is 0 Å². The largest absolute Gasteiger partial charge is 0.457 e. The number of hydrogen-bond donors (Lipinski definition) is 0. The molecule has 2 nitrogen and oxygen atoms in total. The molecule has 3 aromatic rings. The van der Waals surface area contributed by atoms with E-state index in [1.807, 2.05) is 60.8 Å². The zero-order chi connectivity index (χ0) is 11.5. The lowest BCUT2D eigenvalue weighted by Gasteiger charge is -2.08. The number of benzene rings is 2. The molecule has 0 atom stereocenters. The van der Waals surface area contributed by atoms with Crippen LogP contribution in [0.15, 0.2) is 67.0 Å². The quantitative estimate of drug-likeness (QED) is 0.651. The molecule has 0 amide bonds. The molecule has 0 saturated heterocycles. The molecule has 0 aliphatic carbocycles. The first kappa shape index (κ1) is 9.85. The van der Waals surface area contributed by atoms with E-state index in [0.29, 0.717) is 0 Å². The maximum Gasteiger partial charge on any atom is 0.135 e. The molecule has 0 saturated carbocycles. The Hall–Kier alpha value is -2.35. The van der Waals surface area contributed by atoms with Gasteiger partial charge in [-0.25, -0.2) is 0 Å². The van der Waals surface area contributed by atoms with Crippen molar-refractivity contribution in [2.75, 3.05) is 0 Å². The molecular formula is C15H11NO. The third-order valence-electron chi connectivity index (χ3n) is 2.61. The fourth-order valence-corrected chi connectivity index (χ4v) is 1.80. The molecule has 3 rings (SSSR count). The fraction of sp³-hybridized carbons (Fsp3) is 0. The van der Waals surface area contributed by atoms with Crippen LogP contribution >= 0.6 is 0 Å². The van der Waals surface area contributed by atoms with Crippen molar-refractivity contribution in [3.8, 4) is 11.5 Å². The highest BCUT2D eigenvalue weighted by Crippen LogP contribution is 2.28. The monoisotopic (exact) mass is 221 g/mol. The first-order valence-electron chi connectivity index (χ1n) is 5.49. The van der Waals surface area contributed by atoms with E-state index < -0.39 is 0 Å². The summed E-state index contributed by atoms with van der Waals surface area (Å²) in [5, 5.41) is 2.16. The van der Waals surface area contributed by atoms with Gasteiger partial charge in [-0.1, -0.05) is 30.3 Å². The molecular weight excluding hydrogens is 210 g/mol. The van der Waals surface area contributed by atoms with Crippen LogP contribution in [0.4, 0.5) is 0 Å². The molecule has 1 aromatic heterocycles. The van der Waals surface area contributed by atoms with Crippen molar-refractivity contribution in [3.05, 3.63) is 67.0 Å². The Morgan fingerprint density at radius 2 is 1.71 bits per heavy atom. The standard InChI is InChI=1S/C15H11NO/c1-2-6-13(7-3-1)17-15-8-4-5-12-11-16-10-9-14(12)15/h1-11H. The molecule has 2 heteroatoms. The zero-order valence-electron chi connectivity index (χ0n) is 9.21. The number of pyridine rings is 1. The maximum absolute atomic E-state index is 5.86. The molecule has 2 aromatic carbocycles. The van der Waals surface area contributed by atoms with Crippen molar-refractivity contribution in [3.63, 3.8) is 0 Å². The summed E-state index contributed by atoms with van der Waals surface area (Å²) < 4.78 is 5.86. The minimum Gasteiger partial charge on any atom is -0.457 e. The molecule has 0 spiro atoms. The Kier molecular flexibility index (Phi) is 2.47. The molecule has 0 radical (unpaired) electrons. The summed E-state index contributed by atoms with van der Waals surface area (Å²) in [5.41, 5.74) is 0. The molecule has 0 N–H and O–H groups in total. The lowest BCUT2D eigenvalue weighted by atomic mass is 10.1. The van der Waals surface area contributed by atoms with Crippen molar-refractivity contribution in [2.24, 2.45) is 0 Å². The Morgan fingerprint density at radius 1 is 0.824 bits per heavy atom. The van der Waals surface area contributed by atoms with Gasteiger partial charge in [0, 0.05) is 23.2 Å². The van der Waals surface area contributed by atoms with E-state index in [9.17, 15) is 0 Å². The minimum absolute atomic E-state index is 0.844. The second-order valence-corrected chi connectivity index (χ2v) is 3.77. The number of hydrogen-bond acceptors (Lipinski definition) is 2. The molecule has 17 heavy (non-hydrogen) atoms. The van der Waals surface area contributed by atoms with Crippen molar-refractivity contribution in [2.45, 2.75) is 0 Å². The number of rotatable bonds is 2. The fourth-order valence-electron chi connectivity index (χ4n) is 1.80. The smallest absolute Gasteiger partial charge is 0.135 e. The summed E-state index contributed by atoms with van der Waals surface area (Å²) >= 11 is 0. The molecule has 1 heterocycles. The zero-order valence-corrected chi connectivity index (χ0v) is 9.21. The van der Waals surface area contributed by atoms with Crippen LogP contribution in [0, 0.1) is 0 Å². The van der Waals surface area contributed by atoms with Gasteiger partial charge in [0.1, 0.15) is 11.5 Å². The Labute approximate surface area is 99.5 Å². The van der Waals surface area contributed by atoms with Crippen LogP contribution in [-0.2, 0) is 0 Å². The summed E-state index contributed by atoms with van der Waals surface area (Å²) in [5.74, 6) is 1.70. The van der Waals surface area contributed by atoms with Gasteiger partial charge in [-0.2, -0.15) is 0 Å². The van der Waals surface area contributed by atoms with Gasteiger partial charge >= 0.3 is 0 Å². The SMILES string of the molecule is c1ccc(Oc2cccc3cnccc23)cc1. The van der Waals surface area contributed by atoms with E-state index in [1.54, 1.807) is 6.20 Å². The van der Waals surface area contributed by atoms with E-state index in [-0.39, 0.29) is 0 Å². The van der Waals surface area contributed by atoms with Crippen LogP contribution in [0.25, 0.3) is 10.8 Å². The Balaban J connectivity index is 2.06. The Morgan fingerprint density at radius 3 is 2.59 bits per heavy atom. The maximum atomic E-state index is 5.86. The molecule has 82 valence electrons. The highest BCUT2D eigenvalue weighted by atomic mass is 16.5. The van der Waals surface area contributed by atoms with Crippen LogP contribution in [0.3, 0.4) is 0 Å². The van der Waals surface area contributed by atoms with Crippen LogP contribution in [0.2, 0.25) is 0 Å². The van der Waals surface area contributed by atoms with Crippen molar-refractivity contribution in [1.82, 2.24) is 4.98 Å². The highest BCUT2D eigenvalue weighted by molar-refractivity contribution is 5.87. The third kappa shape index (κ3) is 1.97. The average molecular weight is 221 g/mol. The van der Waals surface area contributed by atoms with E-state index in [2.05, 4.69) is 4.98 Å². The number of aromatic nitrogens is 1. The van der Waals surface area contributed by atoms with Crippen LogP contribution in [0.5, 0.6) is 11.5 Å². The van der Waals surface area contributed by atoms with E-state index in [1.165, 1.54) is 0 Å². The summed E-state index contributed by atoms with van der Waals surface area (Å²) in [6.07, 6.45) is 3.62. The van der Waals surface area contributed by atoms with E-state index in [0.717, 1.165) is 22.3 Å². The summed E-state index contributed by atoms with van der Waals surface area (Å²) in [4.78, 5) is 4.11. The van der Waals surface area contributed by atoms with Gasteiger partial charge in [-0.3, -0.25) is 4.98 Å². The first-order chi connectivity index (χ1) is 8.43. The van der Waals surface area contributed by atoms with Gasteiger partial charge in [-0.15, -0.1) is 0 Å². The van der Waals surface area contributed by atoms with Crippen molar-refractivity contribution >= 4 is 10.8 Å². The normalized spacial score (nSPS) is 10.4. The van der Waals surface area contributed by atoms with Crippen LogP contribution in [0.1, 0.15) is 0 Å². The lowest BCUT2D eigenvalue weighted by Crippen LogP contribution is -1.85. The van der Waals surface area contributed by atoms with Gasteiger partial charge in [-0.05, 0) is 24.3 Å². The second-order valence-electron chi connectivity index (χ2n) is 3.77. The lowest BCUT2D eigenvalue weighted by molar-refractivity contribution is 0.488. The molecule has 0 unspecified atom stereocenters. The molecule has 0 bridgehead atoms. The summed E-state index contributed by atoms with van der Waals surface area (Å²) in [7, 11) is 0. The van der Waals surface area contributed by atoms with Crippen molar-refractivity contribution in [1.29, 1.82) is 0 Å². The second kappa shape index (κ2) is 4.26. The number of para-hydroxylation sites is 1. The van der Waals surface area contributed by atoms with Gasteiger partial charge in [0.05, 0.1) is 0 Å². The van der Waals surface area contributed by atoms with E-state index in [4.69, 9.17) is 4.74 Å². The van der Waals surface area contributed by atoms with Gasteiger partial charge in [0.25, 0.3) is 0 Å². The summed E-state index contributed by atoms with van der Waals surface area (Å²) in [6.45, 7) is 0. The van der Waals surface area contributed by atoms with Gasteiger partial charge < -0.3 is 4.74 Å². The number of fused-ring (bicyclic) bond motifs is 1. The predicted octanol–water partition coefficient (Wildman–Crippen LogP) is 4.03. The third-order valence-corrected chi connectivity index (χ3v) is 2.61. The van der Waals surface area contributed by atoms with Crippen LogP contribution < -0.4 is 4.74 Å². The number of nitrogens with zero attached hydrogens (tertiary/aromatic N) is 1. The van der Waals surface area contributed by atoms with Crippen LogP contribution in [-0.4, -0.2) is 4.98 Å². The Bertz CT molecular complexity index is 629. The number of ether oxygens (including phenoxy) is 1. The van der Waals surface area contributed by atoms with Gasteiger partial charge in [0.15, 0.2) is 0 Å².